The van der Waals surface area contributed by atoms with Crippen LogP contribution in [0.4, 0.5) is 0 Å². The summed E-state index contributed by atoms with van der Waals surface area (Å²) in [6.45, 7) is 2.26. The van der Waals surface area contributed by atoms with Gasteiger partial charge in [-0.25, -0.2) is 0 Å². The molecule has 0 aromatic carbocycles. The van der Waals surface area contributed by atoms with Crippen LogP contribution in [0.25, 0.3) is 0 Å². The molecule has 2 nitrogen and oxygen atoms in total. The molecule has 1 unspecified atom stereocenters. The predicted molar refractivity (Wildman–Crippen MR) is 84.8 cm³/mol. The lowest BCUT2D eigenvalue weighted by Gasteiger charge is -2.15. The van der Waals surface area contributed by atoms with Crippen molar-refractivity contribution in [2.24, 2.45) is 5.84 Å². The van der Waals surface area contributed by atoms with Crippen molar-refractivity contribution in [3.05, 3.63) is 20.8 Å². The standard InChI is InChI=1S/C14H25BrN2S/c1-2-3-4-5-6-7-8-12(17-16)11-14-13(15)9-10-18-14/h9-10,12,17H,2-8,11,16H2,1H3. The number of hydrazine groups is 1. The fourth-order valence-corrected chi connectivity index (χ4v) is 3.71. The summed E-state index contributed by atoms with van der Waals surface area (Å²) in [6.07, 6.45) is 10.3. The molecule has 0 amide bonds. The molecule has 0 fully saturated rings. The van der Waals surface area contributed by atoms with Crippen LogP contribution in [-0.2, 0) is 6.42 Å². The van der Waals surface area contributed by atoms with Gasteiger partial charge < -0.3 is 0 Å². The maximum atomic E-state index is 5.64. The smallest absolute Gasteiger partial charge is 0.0314 e. The summed E-state index contributed by atoms with van der Waals surface area (Å²) in [6, 6.07) is 2.52. The van der Waals surface area contributed by atoms with E-state index in [0.717, 1.165) is 6.42 Å². The Balaban J connectivity index is 2.16. The zero-order valence-electron chi connectivity index (χ0n) is 11.3. The first-order valence-electron chi connectivity index (χ1n) is 6.96. The van der Waals surface area contributed by atoms with Crippen LogP contribution in [-0.4, -0.2) is 6.04 Å². The van der Waals surface area contributed by atoms with Gasteiger partial charge in [-0.15, -0.1) is 11.3 Å². The maximum absolute atomic E-state index is 5.64. The molecule has 3 N–H and O–H groups in total. The van der Waals surface area contributed by atoms with E-state index in [0.29, 0.717) is 6.04 Å². The highest BCUT2D eigenvalue weighted by molar-refractivity contribution is 9.10. The highest BCUT2D eigenvalue weighted by atomic mass is 79.9. The second-order valence-electron chi connectivity index (χ2n) is 4.82. The Bertz CT molecular complexity index is 314. The molecule has 1 aromatic rings. The van der Waals surface area contributed by atoms with Crippen molar-refractivity contribution < 1.29 is 0 Å². The van der Waals surface area contributed by atoms with Gasteiger partial charge in [0.2, 0.25) is 0 Å². The lowest BCUT2D eigenvalue weighted by molar-refractivity contribution is 0.461. The van der Waals surface area contributed by atoms with Crippen molar-refractivity contribution in [2.45, 2.75) is 64.3 Å². The van der Waals surface area contributed by atoms with Gasteiger partial charge in [-0.2, -0.15) is 0 Å². The number of rotatable bonds is 10. The van der Waals surface area contributed by atoms with Gasteiger partial charge in [-0.05, 0) is 40.2 Å². The third-order valence-corrected chi connectivity index (χ3v) is 5.21. The average Bonchev–Trinajstić information content (AvgIpc) is 2.77. The van der Waals surface area contributed by atoms with E-state index in [4.69, 9.17) is 5.84 Å². The molecular weight excluding hydrogens is 308 g/mol. The van der Waals surface area contributed by atoms with Crippen molar-refractivity contribution >= 4 is 27.3 Å². The van der Waals surface area contributed by atoms with Crippen molar-refractivity contribution in [1.82, 2.24) is 5.43 Å². The molecule has 1 heterocycles. The molecule has 4 heteroatoms. The zero-order valence-corrected chi connectivity index (χ0v) is 13.7. The first kappa shape index (κ1) is 16.2. The first-order valence-corrected chi connectivity index (χ1v) is 8.63. The number of halogens is 1. The monoisotopic (exact) mass is 332 g/mol. The van der Waals surface area contributed by atoms with Crippen molar-refractivity contribution in [2.75, 3.05) is 0 Å². The lowest BCUT2D eigenvalue weighted by Crippen LogP contribution is -2.36. The molecule has 0 spiro atoms. The molecule has 0 saturated heterocycles. The second kappa shape index (κ2) is 9.96. The van der Waals surface area contributed by atoms with E-state index in [-0.39, 0.29) is 0 Å². The van der Waals surface area contributed by atoms with E-state index in [2.05, 4.69) is 39.7 Å². The van der Waals surface area contributed by atoms with Crippen LogP contribution in [0.1, 0.15) is 56.7 Å². The average molecular weight is 333 g/mol. The minimum Gasteiger partial charge on any atom is -0.271 e. The Morgan fingerprint density at radius 1 is 1.28 bits per heavy atom. The Hall–Kier alpha value is 0.1000. The molecule has 18 heavy (non-hydrogen) atoms. The van der Waals surface area contributed by atoms with Gasteiger partial charge in [-0.3, -0.25) is 11.3 Å². The summed E-state index contributed by atoms with van der Waals surface area (Å²) in [5.74, 6) is 5.64. The van der Waals surface area contributed by atoms with E-state index < -0.39 is 0 Å². The van der Waals surface area contributed by atoms with Gasteiger partial charge in [-0.1, -0.05) is 45.4 Å². The Morgan fingerprint density at radius 2 is 2.00 bits per heavy atom. The fourth-order valence-electron chi connectivity index (χ4n) is 2.11. The number of unbranched alkanes of at least 4 members (excludes halogenated alkanes) is 5. The van der Waals surface area contributed by atoms with Crippen LogP contribution in [0.5, 0.6) is 0 Å². The van der Waals surface area contributed by atoms with E-state index in [1.165, 1.54) is 54.3 Å². The normalized spacial score (nSPS) is 12.8. The Labute approximate surface area is 123 Å². The minimum absolute atomic E-state index is 0.408. The molecule has 0 radical (unpaired) electrons. The molecule has 0 bridgehead atoms. The molecule has 0 aliphatic heterocycles. The van der Waals surface area contributed by atoms with Crippen LogP contribution in [0.3, 0.4) is 0 Å². The van der Waals surface area contributed by atoms with E-state index in [1.54, 1.807) is 11.3 Å². The molecule has 1 atom stereocenters. The van der Waals surface area contributed by atoms with Crippen molar-refractivity contribution in [1.29, 1.82) is 0 Å². The van der Waals surface area contributed by atoms with Crippen LogP contribution >= 0.6 is 27.3 Å². The summed E-state index contributed by atoms with van der Waals surface area (Å²) in [5, 5.41) is 2.12. The summed E-state index contributed by atoms with van der Waals surface area (Å²) in [4.78, 5) is 1.39. The topological polar surface area (TPSA) is 38.0 Å². The fraction of sp³-hybridized carbons (Fsp3) is 0.714. The van der Waals surface area contributed by atoms with Crippen LogP contribution in [0.15, 0.2) is 15.9 Å². The number of thiophene rings is 1. The Kier molecular flexibility index (Phi) is 8.94. The van der Waals surface area contributed by atoms with Crippen molar-refractivity contribution in [3.63, 3.8) is 0 Å². The van der Waals surface area contributed by atoms with Gasteiger partial charge >= 0.3 is 0 Å². The third kappa shape index (κ3) is 6.32. The highest BCUT2D eigenvalue weighted by Crippen LogP contribution is 2.24. The summed E-state index contributed by atoms with van der Waals surface area (Å²) >= 11 is 5.38. The number of nitrogens with two attached hydrogens (primary N) is 1. The van der Waals surface area contributed by atoms with Gasteiger partial charge in [0.25, 0.3) is 0 Å². The predicted octanol–water partition coefficient (Wildman–Crippen LogP) is 4.64. The largest absolute Gasteiger partial charge is 0.271 e. The molecule has 1 rings (SSSR count). The number of hydrogen-bond donors (Lipinski definition) is 2. The lowest BCUT2D eigenvalue weighted by atomic mass is 10.0. The molecule has 104 valence electrons. The molecule has 0 aliphatic carbocycles. The SMILES string of the molecule is CCCCCCCCC(Cc1sccc1Br)NN. The highest BCUT2D eigenvalue weighted by Gasteiger charge is 2.10. The molecule has 1 aromatic heterocycles. The van der Waals surface area contributed by atoms with Gasteiger partial charge in [0.05, 0.1) is 0 Å². The molecule has 0 saturated carbocycles. The van der Waals surface area contributed by atoms with E-state index in [1.807, 2.05) is 0 Å². The van der Waals surface area contributed by atoms with Crippen LogP contribution in [0, 0.1) is 0 Å². The quantitative estimate of drug-likeness (QED) is 0.372. The number of hydrogen-bond acceptors (Lipinski definition) is 3. The van der Waals surface area contributed by atoms with Gasteiger partial charge in [0.15, 0.2) is 0 Å². The molecular formula is C14H25BrN2S. The maximum Gasteiger partial charge on any atom is 0.0314 e. The third-order valence-electron chi connectivity index (χ3n) is 3.26. The minimum atomic E-state index is 0.408. The van der Waals surface area contributed by atoms with Crippen molar-refractivity contribution in [3.8, 4) is 0 Å². The van der Waals surface area contributed by atoms with Gasteiger partial charge in [0.1, 0.15) is 0 Å². The van der Waals surface area contributed by atoms with E-state index >= 15 is 0 Å². The van der Waals surface area contributed by atoms with Crippen LogP contribution in [0.2, 0.25) is 0 Å². The summed E-state index contributed by atoms with van der Waals surface area (Å²) in [7, 11) is 0. The molecule has 0 aliphatic rings. The van der Waals surface area contributed by atoms with E-state index in [9.17, 15) is 0 Å². The summed E-state index contributed by atoms with van der Waals surface area (Å²) in [5.41, 5.74) is 2.96. The second-order valence-corrected chi connectivity index (χ2v) is 6.67. The van der Waals surface area contributed by atoms with Gasteiger partial charge in [0, 0.05) is 15.4 Å². The van der Waals surface area contributed by atoms with Crippen LogP contribution < -0.4 is 11.3 Å². The Morgan fingerprint density at radius 3 is 2.61 bits per heavy atom. The number of nitrogens with one attached hydrogen (secondary N) is 1. The zero-order chi connectivity index (χ0) is 13.2. The summed E-state index contributed by atoms with van der Waals surface area (Å²) < 4.78 is 1.22. The first-order chi connectivity index (χ1) is 8.77.